The van der Waals surface area contributed by atoms with Crippen molar-refractivity contribution in [3.05, 3.63) is 16.0 Å². The van der Waals surface area contributed by atoms with Gasteiger partial charge < -0.3 is 11.1 Å². The zero-order valence-corrected chi connectivity index (χ0v) is 12.1. The number of amides is 2. The highest BCUT2D eigenvalue weighted by molar-refractivity contribution is 7.16. The summed E-state index contributed by atoms with van der Waals surface area (Å²) in [4.78, 5) is 24.1. The predicted octanol–water partition coefficient (Wildman–Crippen LogP) is 2.68. The lowest BCUT2D eigenvalue weighted by Gasteiger charge is -2.05. The average Bonchev–Trinajstić information content (AvgIpc) is 2.62. The summed E-state index contributed by atoms with van der Waals surface area (Å²) in [5.74, 6) is -0.189. The van der Waals surface area contributed by atoms with Gasteiger partial charge in [-0.25, -0.2) is 0 Å². The molecule has 4 nitrogen and oxygen atoms in total. The molecule has 3 N–H and O–H groups in total. The normalized spacial score (nSPS) is 10.4. The Morgan fingerprint density at radius 1 is 1.44 bits per heavy atom. The SMILES string of the molecule is CCc1c(C)sc(NC(=O)CCCCl)c1C(N)=O. The molecule has 0 spiro atoms. The monoisotopic (exact) mass is 288 g/mol. The zero-order valence-electron chi connectivity index (χ0n) is 10.5. The molecule has 2 amide bonds. The third-order valence-corrected chi connectivity index (χ3v) is 3.93. The number of aryl methyl sites for hydroxylation is 1. The summed E-state index contributed by atoms with van der Waals surface area (Å²) in [6.45, 7) is 3.88. The molecule has 0 aromatic carbocycles. The van der Waals surface area contributed by atoms with Crippen LogP contribution >= 0.6 is 22.9 Å². The van der Waals surface area contributed by atoms with E-state index in [1.807, 2.05) is 13.8 Å². The Balaban J connectivity index is 2.95. The molecule has 1 aromatic rings. The fraction of sp³-hybridized carbons (Fsp3) is 0.500. The first-order valence-corrected chi connectivity index (χ1v) is 7.14. The van der Waals surface area contributed by atoms with Crippen molar-refractivity contribution in [3.63, 3.8) is 0 Å². The topological polar surface area (TPSA) is 72.2 Å². The van der Waals surface area contributed by atoms with Gasteiger partial charge in [-0.15, -0.1) is 22.9 Å². The largest absolute Gasteiger partial charge is 0.365 e. The Kier molecular flexibility index (Phi) is 5.62. The molecule has 0 aliphatic carbocycles. The summed E-state index contributed by atoms with van der Waals surface area (Å²) in [6.07, 6.45) is 1.68. The third-order valence-electron chi connectivity index (χ3n) is 2.60. The van der Waals surface area contributed by atoms with E-state index in [0.717, 1.165) is 16.9 Å². The van der Waals surface area contributed by atoms with Gasteiger partial charge in [0, 0.05) is 17.2 Å². The minimum atomic E-state index is -0.496. The van der Waals surface area contributed by atoms with E-state index in [0.29, 0.717) is 29.3 Å². The molecule has 0 aliphatic rings. The number of anilines is 1. The van der Waals surface area contributed by atoms with Crippen molar-refractivity contribution in [2.75, 3.05) is 11.2 Å². The Morgan fingerprint density at radius 2 is 2.11 bits per heavy atom. The number of primary amides is 1. The smallest absolute Gasteiger partial charge is 0.251 e. The first kappa shape index (κ1) is 15.0. The van der Waals surface area contributed by atoms with Crippen LogP contribution in [-0.2, 0) is 11.2 Å². The van der Waals surface area contributed by atoms with Crippen molar-refractivity contribution in [1.29, 1.82) is 0 Å². The molecule has 100 valence electrons. The molecule has 1 rings (SSSR count). The van der Waals surface area contributed by atoms with Crippen molar-refractivity contribution < 1.29 is 9.59 Å². The van der Waals surface area contributed by atoms with Gasteiger partial charge in [-0.1, -0.05) is 6.92 Å². The van der Waals surface area contributed by atoms with Crippen LogP contribution in [0.25, 0.3) is 0 Å². The quantitative estimate of drug-likeness (QED) is 0.790. The van der Waals surface area contributed by atoms with Crippen LogP contribution in [0, 0.1) is 6.92 Å². The summed E-state index contributed by atoms with van der Waals surface area (Å²) in [7, 11) is 0. The third kappa shape index (κ3) is 3.46. The van der Waals surface area contributed by atoms with E-state index in [-0.39, 0.29) is 5.91 Å². The van der Waals surface area contributed by atoms with Crippen LogP contribution in [0.2, 0.25) is 0 Å². The first-order valence-electron chi connectivity index (χ1n) is 5.79. The molecule has 1 aromatic heterocycles. The second-order valence-electron chi connectivity index (χ2n) is 3.90. The van der Waals surface area contributed by atoms with Crippen LogP contribution in [0.4, 0.5) is 5.00 Å². The van der Waals surface area contributed by atoms with Gasteiger partial charge in [-0.05, 0) is 25.3 Å². The molecule has 0 unspecified atom stereocenters. The number of thiophene rings is 1. The Bertz CT molecular complexity index is 457. The summed E-state index contributed by atoms with van der Waals surface area (Å²) in [5.41, 5.74) is 6.74. The highest BCUT2D eigenvalue weighted by Gasteiger charge is 2.20. The van der Waals surface area contributed by atoms with Gasteiger partial charge in [0.1, 0.15) is 5.00 Å². The number of carbonyl (C=O) groups is 2. The maximum Gasteiger partial charge on any atom is 0.251 e. The molecule has 0 fully saturated rings. The minimum Gasteiger partial charge on any atom is -0.365 e. The molecule has 6 heteroatoms. The molecular weight excluding hydrogens is 272 g/mol. The number of halogens is 1. The minimum absolute atomic E-state index is 0.137. The van der Waals surface area contributed by atoms with Crippen molar-refractivity contribution in [2.24, 2.45) is 5.73 Å². The van der Waals surface area contributed by atoms with Crippen LogP contribution in [-0.4, -0.2) is 17.7 Å². The lowest BCUT2D eigenvalue weighted by Crippen LogP contribution is -2.17. The Labute approximate surface area is 116 Å². The average molecular weight is 289 g/mol. The van der Waals surface area contributed by atoms with E-state index in [1.54, 1.807) is 0 Å². The number of rotatable bonds is 6. The number of hydrogen-bond donors (Lipinski definition) is 2. The first-order chi connectivity index (χ1) is 8.51. The van der Waals surface area contributed by atoms with Gasteiger partial charge in [0.05, 0.1) is 5.56 Å². The standard InChI is InChI=1S/C12H17ClN2O2S/c1-3-8-7(2)18-12(10(8)11(14)17)15-9(16)5-4-6-13/h3-6H2,1-2H3,(H2,14,17)(H,15,16). The Hall–Kier alpha value is -1.07. The van der Waals surface area contributed by atoms with Crippen LogP contribution in [0.1, 0.15) is 40.6 Å². The lowest BCUT2D eigenvalue weighted by atomic mass is 10.1. The van der Waals surface area contributed by atoms with E-state index in [1.165, 1.54) is 11.3 Å². The zero-order chi connectivity index (χ0) is 13.7. The highest BCUT2D eigenvalue weighted by atomic mass is 35.5. The maximum absolute atomic E-state index is 11.6. The molecule has 18 heavy (non-hydrogen) atoms. The van der Waals surface area contributed by atoms with Crippen LogP contribution in [0.15, 0.2) is 0 Å². The van der Waals surface area contributed by atoms with Gasteiger partial charge in [0.15, 0.2) is 0 Å². The number of nitrogens with one attached hydrogen (secondary N) is 1. The van der Waals surface area contributed by atoms with E-state index in [2.05, 4.69) is 5.32 Å². The summed E-state index contributed by atoms with van der Waals surface area (Å²) in [5, 5.41) is 3.29. The van der Waals surface area contributed by atoms with Gasteiger partial charge >= 0.3 is 0 Å². The maximum atomic E-state index is 11.6. The van der Waals surface area contributed by atoms with Gasteiger partial charge in [-0.3, -0.25) is 9.59 Å². The van der Waals surface area contributed by atoms with Crippen molar-refractivity contribution in [1.82, 2.24) is 0 Å². The van der Waals surface area contributed by atoms with E-state index >= 15 is 0 Å². The van der Waals surface area contributed by atoms with Gasteiger partial charge in [0.2, 0.25) is 5.91 Å². The van der Waals surface area contributed by atoms with E-state index in [9.17, 15) is 9.59 Å². The number of nitrogens with two attached hydrogens (primary N) is 1. The molecule has 0 atom stereocenters. The highest BCUT2D eigenvalue weighted by Crippen LogP contribution is 2.33. The molecule has 0 saturated carbocycles. The van der Waals surface area contributed by atoms with E-state index in [4.69, 9.17) is 17.3 Å². The van der Waals surface area contributed by atoms with Gasteiger partial charge in [-0.2, -0.15) is 0 Å². The second-order valence-corrected chi connectivity index (χ2v) is 5.50. The fourth-order valence-corrected chi connectivity index (χ4v) is 3.07. The molecule has 1 heterocycles. The van der Waals surface area contributed by atoms with Crippen LogP contribution in [0.5, 0.6) is 0 Å². The second kappa shape index (κ2) is 6.75. The van der Waals surface area contributed by atoms with Crippen molar-refractivity contribution in [3.8, 4) is 0 Å². The summed E-state index contributed by atoms with van der Waals surface area (Å²) < 4.78 is 0. The summed E-state index contributed by atoms with van der Waals surface area (Å²) >= 11 is 6.92. The summed E-state index contributed by atoms with van der Waals surface area (Å²) in [6, 6.07) is 0. The molecule has 0 bridgehead atoms. The molecule has 0 radical (unpaired) electrons. The number of carbonyl (C=O) groups excluding carboxylic acids is 2. The van der Waals surface area contributed by atoms with Crippen molar-refractivity contribution >= 4 is 39.8 Å². The molecule has 0 aliphatic heterocycles. The molecular formula is C12H17ClN2O2S. The van der Waals surface area contributed by atoms with Crippen LogP contribution in [0.3, 0.4) is 0 Å². The predicted molar refractivity (Wildman–Crippen MR) is 75.5 cm³/mol. The van der Waals surface area contributed by atoms with Gasteiger partial charge in [0.25, 0.3) is 5.91 Å². The number of hydrogen-bond acceptors (Lipinski definition) is 3. The number of alkyl halides is 1. The molecule has 0 saturated heterocycles. The van der Waals surface area contributed by atoms with Crippen molar-refractivity contribution in [2.45, 2.75) is 33.1 Å². The lowest BCUT2D eigenvalue weighted by molar-refractivity contribution is -0.116. The Morgan fingerprint density at radius 3 is 2.61 bits per heavy atom. The van der Waals surface area contributed by atoms with E-state index < -0.39 is 5.91 Å². The fourth-order valence-electron chi connectivity index (χ4n) is 1.77. The van der Waals surface area contributed by atoms with Crippen LogP contribution < -0.4 is 11.1 Å².